The van der Waals surface area contributed by atoms with E-state index in [-0.39, 0.29) is 31.9 Å². The molecule has 220 valence electrons. The molecule has 0 spiro atoms. The Kier molecular flexibility index (Phi) is 8.18. The second-order valence-electron chi connectivity index (χ2n) is 13.1. The molecular formula is C37H35N2O2PPt. The number of ether oxygens (including phenoxy) is 1. The topological polar surface area (TPSA) is 52.1 Å². The molecule has 0 N–H and O–H groups in total. The minimum atomic E-state index is -2.87. The van der Waals surface area contributed by atoms with E-state index in [1.165, 1.54) is 5.56 Å². The first-order valence-electron chi connectivity index (χ1n) is 14.2. The number of hydrogen-bond donors (Lipinski definition) is 0. The molecule has 0 radical (unpaired) electrons. The Morgan fingerprint density at radius 2 is 1.33 bits per heavy atom. The van der Waals surface area contributed by atoms with Crippen LogP contribution in [0.5, 0.6) is 11.5 Å². The van der Waals surface area contributed by atoms with Gasteiger partial charge in [0.1, 0.15) is 7.14 Å². The van der Waals surface area contributed by atoms with Gasteiger partial charge in [-0.1, -0.05) is 107 Å². The third-order valence-corrected chi connectivity index (χ3v) is 10.5. The van der Waals surface area contributed by atoms with Crippen molar-refractivity contribution in [3.8, 4) is 45.1 Å². The van der Waals surface area contributed by atoms with Crippen LogP contribution in [0, 0.1) is 12.1 Å². The number of rotatable bonds is 4. The summed E-state index contributed by atoms with van der Waals surface area (Å²) in [6, 6.07) is 30.8. The molecule has 0 saturated carbocycles. The van der Waals surface area contributed by atoms with Crippen LogP contribution in [0.4, 0.5) is 0 Å². The van der Waals surface area contributed by atoms with Gasteiger partial charge in [-0.25, -0.2) is 0 Å². The zero-order valence-electron chi connectivity index (χ0n) is 25.6. The fourth-order valence-electron chi connectivity index (χ4n) is 5.44. The van der Waals surface area contributed by atoms with Gasteiger partial charge >= 0.3 is 21.1 Å². The number of fused-ring (bicyclic) bond motifs is 3. The van der Waals surface area contributed by atoms with E-state index in [9.17, 15) is 4.57 Å². The van der Waals surface area contributed by atoms with E-state index in [4.69, 9.17) is 9.72 Å². The number of pyridine rings is 2. The van der Waals surface area contributed by atoms with E-state index in [0.717, 1.165) is 49.8 Å². The predicted octanol–water partition coefficient (Wildman–Crippen LogP) is 8.72. The van der Waals surface area contributed by atoms with Crippen molar-refractivity contribution in [2.75, 3.05) is 6.66 Å². The molecule has 3 aromatic carbocycles. The average molecular weight is 766 g/mol. The number of hydrogen-bond acceptors (Lipinski definition) is 4. The maximum atomic E-state index is 14.3. The van der Waals surface area contributed by atoms with Crippen LogP contribution in [-0.4, -0.2) is 16.6 Å². The van der Waals surface area contributed by atoms with Crippen molar-refractivity contribution in [2.45, 2.75) is 52.4 Å². The first-order valence-corrected chi connectivity index (χ1v) is 16.4. The first kappa shape index (κ1) is 31.1. The van der Waals surface area contributed by atoms with Crippen LogP contribution in [0.1, 0.15) is 52.7 Å². The molecule has 6 heteroatoms. The molecule has 6 rings (SSSR count). The van der Waals surface area contributed by atoms with Gasteiger partial charge < -0.3 is 19.3 Å². The summed E-state index contributed by atoms with van der Waals surface area (Å²) in [4.78, 5) is 9.36. The molecule has 1 aliphatic heterocycles. The Balaban J connectivity index is 0.00000368. The summed E-state index contributed by atoms with van der Waals surface area (Å²) in [5.41, 5.74) is 7.45. The summed E-state index contributed by atoms with van der Waals surface area (Å²) in [5, 5.41) is 1.63. The van der Waals surface area contributed by atoms with Crippen molar-refractivity contribution in [3.63, 3.8) is 0 Å². The normalized spacial score (nSPS) is 15.8. The van der Waals surface area contributed by atoms with Crippen LogP contribution in [0.15, 0.2) is 85.2 Å². The van der Waals surface area contributed by atoms with Gasteiger partial charge in [0, 0.05) is 29.2 Å². The smallest absolute Gasteiger partial charge is 0.497 e. The Bertz CT molecular complexity index is 1890. The quantitative estimate of drug-likeness (QED) is 0.136. The van der Waals surface area contributed by atoms with Crippen molar-refractivity contribution in [1.29, 1.82) is 0 Å². The molecule has 0 saturated heterocycles. The second-order valence-corrected chi connectivity index (χ2v) is 15.9. The second kappa shape index (κ2) is 11.3. The predicted molar refractivity (Wildman–Crippen MR) is 173 cm³/mol. The van der Waals surface area contributed by atoms with Crippen LogP contribution in [0.25, 0.3) is 33.6 Å². The zero-order valence-corrected chi connectivity index (χ0v) is 28.7. The summed E-state index contributed by atoms with van der Waals surface area (Å²) < 4.78 is 20.7. The van der Waals surface area contributed by atoms with Crippen LogP contribution < -0.4 is 15.3 Å². The molecule has 1 unspecified atom stereocenters. The molecule has 43 heavy (non-hydrogen) atoms. The minimum absolute atomic E-state index is 0. The van der Waals surface area contributed by atoms with Crippen molar-refractivity contribution in [2.24, 2.45) is 0 Å². The molecule has 4 nitrogen and oxygen atoms in total. The summed E-state index contributed by atoms with van der Waals surface area (Å²) >= 11 is 0. The van der Waals surface area contributed by atoms with Crippen molar-refractivity contribution in [3.05, 3.63) is 108 Å². The third kappa shape index (κ3) is 5.93. The van der Waals surface area contributed by atoms with Crippen molar-refractivity contribution < 1.29 is 30.4 Å². The van der Waals surface area contributed by atoms with E-state index in [1.54, 1.807) is 0 Å². The van der Waals surface area contributed by atoms with Gasteiger partial charge in [-0.05, 0) is 57.7 Å². The molecule has 5 aromatic rings. The molecule has 2 aromatic heterocycles. The zero-order chi connectivity index (χ0) is 29.9. The van der Waals surface area contributed by atoms with E-state index in [1.807, 2.05) is 73.7 Å². The average Bonchev–Trinajstić information content (AvgIpc) is 3.19. The van der Waals surface area contributed by atoms with Crippen molar-refractivity contribution >= 4 is 17.8 Å². The monoisotopic (exact) mass is 765 g/mol. The molecule has 0 bridgehead atoms. The third-order valence-electron chi connectivity index (χ3n) is 7.89. The van der Waals surface area contributed by atoms with E-state index in [0.29, 0.717) is 11.5 Å². The molecule has 1 aliphatic rings. The standard InChI is InChI=1S/C37H35N2O2P.Pt/c1-36(2,3)25-15-17-38-31(20-25)24-11-10-12-27(19-24)41-28-22-30(32-21-26(16-18-39-32)37(4,5)6)35-29-13-8-9-14-33(29)42(7,40)34(35)23-28;/h8-18,20-21,23H,1-7H3;/q-2;+2. The first-order chi connectivity index (χ1) is 19.8. The SMILES string of the molecule is CC(C)(C)c1ccnc(-c2[c-]c(Oc3[c-]c(-c4cc(C(C)(C)C)ccn4)c4c(c3)P(C)(=O)c3ccccc3-4)ccc2)c1.[Pt+2]. The van der Waals surface area contributed by atoms with Gasteiger partial charge in [0.05, 0.1) is 0 Å². The fraction of sp³-hybridized carbons (Fsp3) is 0.243. The maximum absolute atomic E-state index is 14.3. The van der Waals surface area contributed by atoms with Gasteiger partial charge in [-0.2, -0.15) is 0 Å². The Hall–Kier alpha value is -3.32. The molecular weight excluding hydrogens is 730 g/mol. The minimum Gasteiger partial charge on any atom is -0.497 e. The fourth-order valence-corrected chi connectivity index (χ4v) is 7.74. The van der Waals surface area contributed by atoms with E-state index in [2.05, 4.69) is 76.9 Å². The van der Waals surface area contributed by atoms with Crippen molar-refractivity contribution in [1.82, 2.24) is 9.97 Å². The Morgan fingerprint density at radius 1 is 0.698 bits per heavy atom. The van der Waals surface area contributed by atoms with Crippen LogP contribution >= 0.6 is 7.14 Å². The van der Waals surface area contributed by atoms with Crippen LogP contribution in [0.3, 0.4) is 0 Å². The summed E-state index contributed by atoms with van der Waals surface area (Å²) in [6.45, 7) is 15.0. The van der Waals surface area contributed by atoms with Gasteiger partial charge in [-0.15, -0.1) is 29.3 Å². The summed E-state index contributed by atoms with van der Waals surface area (Å²) in [6.07, 6.45) is 3.68. The largest absolute Gasteiger partial charge is 2.00 e. The molecule has 0 aliphatic carbocycles. The Morgan fingerprint density at radius 3 is 2.00 bits per heavy atom. The van der Waals surface area contributed by atoms with Crippen LogP contribution in [-0.2, 0) is 36.5 Å². The van der Waals surface area contributed by atoms with E-state index >= 15 is 0 Å². The molecule has 0 fully saturated rings. The van der Waals surface area contributed by atoms with Crippen LogP contribution in [0.2, 0.25) is 0 Å². The van der Waals surface area contributed by atoms with Gasteiger partial charge in [0.25, 0.3) is 0 Å². The number of benzene rings is 3. The summed E-state index contributed by atoms with van der Waals surface area (Å²) in [5.74, 6) is 1.02. The van der Waals surface area contributed by atoms with Gasteiger partial charge in [-0.3, -0.25) is 0 Å². The van der Waals surface area contributed by atoms with Gasteiger partial charge in [0.15, 0.2) is 0 Å². The van der Waals surface area contributed by atoms with Gasteiger partial charge in [0.2, 0.25) is 0 Å². The number of aromatic nitrogens is 2. The van der Waals surface area contributed by atoms with E-state index < -0.39 is 7.14 Å². The Labute approximate surface area is 269 Å². The molecule has 1 atom stereocenters. The molecule has 0 amide bonds. The molecule has 3 heterocycles. The maximum Gasteiger partial charge on any atom is 2.00 e. The summed E-state index contributed by atoms with van der Waals surface area (Å²) in [7, 11) is -2.87. The number of nitrogens with zero attached hydrogens (tertiary/aromatic N) is 2.